The van der Waals surface area contributed by atoms with Crippen LogP contribution < -0.4 is 5.73 Å². The third-order valence-electron chi connectivity index (χ3n) is 4.88. The van der Waals surface area contributed by atoms with Gasteiger partial charge in [0.1, 0.15) is 0 Å². The van der Waals surface area contributed by atoms with Gasteiger partial charge < -0.3 is 10.8 Å². The summed E-state index contributed by atoms with van der Waals surface area (Å²) in [5, 5.41) is 9.63. The van der Waals surface area contributed by atoms with Gasteiger partial charge in [-0.1, -0.05) is 19.6 Å². The van der Waals surface area contributed by atoms with Crippen LogP contribution in [0.2, 0.25) is 0 Å². The van der Waals surface area contributed by atoms with E-state index in [1.165, 1.54) is 26.0 Å². The zero-order valence-electron chi connectivity index (χ0n) is 15.4. The first-order chi connectivity index (χ1) is 11.9. The number of carboxylic acid groups (broad SMARTS) is 1. The second-order valence-electron chi connectivity index (χ2n) is 7.75. The Balaban J connectivity index is 0.00000364. The van der Waals surface area contributed by atoms with Gasteiger partial charge in [0.2, 0.25) is 0 Å². The van der Waals surface area contributed by atoms with Crippen molar-refractivity contribution in [1.82, 2.24) is 4.90 Å². The molecule has 27 heavy (non-hydrogen) atoms. The molecule has 1 heterocycles. The number of rotatable bonds is 7. The standard InChI is InChI=1S/C19H24N2O5.CH4/c1-18(2,17(25)26)13(9-10-14(22)19(3,4)20)21-15(23)11-7-5-6-8-12(11)16(21)24;/h5-8,13H,9-10,20H2,1-4H3,(H,25,26);1H4. The van der Waals surface area contributed by atoms with Crippen LogP contribution in [0.5, 0.6) is 0 Å². The Hall–Kier alpha value is -2.54. The van der Waals surface area contributed by atoms with Gasteiger partial charge in [-0.3, -0.25) is 24.1 Å². The number of carbonyl (C=O) groups is 4. The molecule has 3 N–H and O–H groups in total. The summed E-state index contributed by atoms with van der Waals surface area (Å²) < 4.78 is 0. The van der Waals surface area contributed by atoms with E-state index < -0.39 is 34.8 Å². The summed E-state index contributed by atoms with van der Waals surface area (Å²) >= 11 is 0. The highest BCUT2D eigenvalue weighted by molar-refractivity contribution is 6.21. The van der Waals surface area contributed by atoms with Gasteiger partial charge in [-0.25, -0.2) is 0 Å². The summed E-state index contributed by atoms with van der Waals surface area (Å²) in [6.07, 6.45) is 0.00249. The molecule has 0 radical (unpaired) electrons. The Morgan fingerprint density at radius 2 is 1.52 bits per heavy atom. The van der Waals surface area contributed by atoms with Crippen molar-refractivity contribution in [1.29, 1.82) is 0 Å². The third-order valence-corrected chi connectivity index (χ3v) is 4.88. The number of fused-ring (bicyclic) bond motifs is 1. The summed E-state index contributed by atoms with van der Waals surface area (Å²) in [7, 11) is 0. The first-order valence-electron chi connectivity index (χ1n) is 8.41. The minimum Gasteiger partial charge on any atom is -0.481 e. The number of ketones is 1. The molecule has 1 aliphatic heterocycles. The van der Waals surface area contributed by atoms with Gasteiger partial charge in [0.25, 0.3) is 11.8 Å². The fraction of sp³-hybridized carbons (Fsp3) is 0.500. The fourth-order valence-corrected chi connectivity index (χ4v) is 3.04. The average molecular weight is 376 g/mol. The van der Waals surface area contributed by atoms with Gasteiger partial charge in [0.05, 0.1) is 28.1 Å². The molecule has 1 aromatic carbocycles. The Kier molecular flexibility index (Phi) is 6.33. The largest absolute Gasteiger partial charge is 0.481 e. The average Bonchev–Trinajstić information content (AvgIpc) is 2.79. The quantitative estimate of drug-likeness (QED) is 0.706. The van der Waals surface area contributed by atoms with Crippen LogP contribution in [0, 0.1) is 5.41 Å². The van der Waals surface area contributed by atoms with Crippen LogP contribution in [0.25, 0.3) is 0 Å². The summed E-state index contributed by atoms with van der Waals surface area (Å²) in [5.41, 5.74) is 3.79. The lowest BCUT2D eigenvalue weighted by molar-refractivity contribution is -0.150. The highest BCUT2D eigenvalue weighted by Gasteiger charge is 2.48. The first-order valence-corrected chi connectivity index (χ1v) is 8.41. The number of carboxylic acids is 1. The maximum absolute atomic E-state index is 12.8. The van der Waals surface area contributed by atoms with Crippen LogP contribution in [0.15, 0.2) is 24.3 Å². The van der Waals surface area contributed by atoms with E-state index in [0.717, 1.165) is 4.90 Å². The van der Waals surface area contributed by atoms with Crippen LogP contribution in [-0.2, 0) is 9.59 Å². The number of amides is 2. The van der Waals surface area contributed by atoms with Crippen LogP contribution in [0.1, 0.15) is 68.7 Å². The molecule has 0 aliphatic carbocycles. The Morgan fingerprint density at radius 1 is 1.07 bits per heavy atom. The topological polar surface area (TPSA) is 118 Å². The fourth-order valence-electron chi connectivity index (χ4n) is 3.04. The number of Topliss-reactive ketones (excluding diaryl/α,β-unsaturated/α-hetero) is 1. The predicted molar refractivity (Wildman–Crippen MR) is 101 cm³/mol. The molecule has 1 aliphatic rings. The molecule has 7 nitrogen and oxygen atoms in total. The van der Waals surface area contributed by atoms with E-state index in [4.69, 9.17) is 5.73 Å². The molecular weight excluding hydrogens is 348 g/mol. The second-order valence-corrected chi connectivity index (χ2v) is 7.75. The smallest absolute Gasteiger partial charge is 0.311 e. The minimum atomic E-state index is -1.42. The van der Waals surface area contributed by atoms with Crippen LogP contribution in [0.3, 0.4) is 0 Å². The summed E-state index contributed by atoms with van der Waals surface area (Å²) in [6, 6.07) is 5.39. The van der Waals surface area contributed by atoms with Gasteiger partial charge in [-0.2, -0.15) is 0 Å². The molecule has 2 rings (SSSR count). The third kappa shape index (κ3) is 4.08. The molecular formula is C20H28N2O5. The molecule has 0 saturated carbocycles. The van der Waals surface area contributed by atoms with E-state index in [9.17, 15) is 24.3 Å². The van der Waals surface area contributed by atoms with E-state index in [-0.39, 0.29) is 37.2 Å². The number of aliphatic carboxylic acids is 1. The van der Waals surface area contributed by atoms with Crippen molar-refractivity contribution in [2.24, 2.45) is 11.1 Å². The Morgan fingerprint density at radius 3 is 1.89 bits per heavy atom. The predicted octanol–water partition coefficient (Wildman–Crippen LogP) is 2.48. The molecule has 0 aromatic heterocycles. The maximum Gasteiger partial charge on any atom is 0.311 e. The van der Waals surface area contributed by atoms with Gasteiger partial charge in [0.15, 0.2) is 5.78 Å². The van der Waals surface area contributed by atoms with Gasteiger partial charge in [0, 0.05) is 6.42 Å². The maximum atomic E-state index is 12.8. The molecule has 0 bridgehead atoms. The lowest BCUT2D eigenvalue weighted by Gasteiger charge is -2.36. The van der Waals surface area contributed by atoms with Crippen LogP contribution >= 0.6 is 0 Å². The van der Waals surface area contributed by atoms with Crippen molar-refractivity contribution in [2.75, 3.05) is 0 Å². The highest BCUT2D eigenvalue weighted by atomic mass is 16.4. The van der Waals surface area contributed by atoms with E-state index >= 15 is 0 Å². The van der Waals surface area contributed by atoms with Crippen molar-refractivity contribution in [3.8, 4) is 0 Å². The molecule has 1 aromatic rings. The van der Waals surface area contributed by atoms with E-state index in [1.54, 1.807) is 26.0 Å². The van der Waals surface area contributed by atoms with E-state index in [1.807, 2.05) is 0 Å². The van der Waals surface area contributed by atoms with E-state index in [2.05, 4.69) is 0 Å². The Bertz CT molecular complexity index is 742. The van der Waals surface area contributed by atoms with Crippen molar-refractivity contribution in [2.45, 2.75) is 59.5 Å². The second kappa shape index (κ2) is 7.60. The molecule has 1 unspecified atom stereocenters. The van der Waals surface area contributed by atoms with Crippen molar-refractivity contribution in [3.63, 3.8) is 0 Å². The molecule has 7 heteroatoms. The first kappa shape index (κ1) is 22.5. The number of nitrogens with two attached hydrogens (primary N) is 1. The number of hydrogen-bond acceptors (Lipinski definition) is 5. The highest BCUT2D eigenvalue weighted by Crippen LogP contribution is 2.35. The number of imide groups is 1. The number of carbonyl (C=O) groups excluding carboxylic acids is 3. The number of nitrogens with zero attached hydrogens (tertiary/aromatic N) is 1. The van der Waals surface area contributed by atoms with Crippen molar-refractivity contribution < 1.29 is 24.3 Å². The van der Waals surface area contributed by atoms with Gasteiger partial charge in [-0.05, 0) is 46.2 Å². The van der Waals surface area contributed by atoms with Crippen molar-refractivity contribution in [3.05, 3.63) is 35.4 Å². The minimum absolute atomic E-state index is 0. The molecule has 0 saturated heterocycles. The molecule has 148 valence electrons. The monoisotopic (exact) mass is 376 g/mol. The zero-order valence-corrected chi connectivity index (χ0v) is 15.4. The summed E-state index contributed by atoms with van der Waals surface area (Å²) in [5.74, 6) is -2.49. The van der Waals surface area contributed by atoms with Gasteiger partial charge >= 0.3 is 5.97 Å². The summed E-state index contributed by atoms with van der Waals surface area (Å²) in [6.45, 7) is 6.02. The summed E-state index contributed by atoms with van der Waals surface area (Å²) in [4.78, 5) is 50.5. The van der Waals surface area contributed by atoms with E-state index in [0.29, 0.717) is 0 Å². The van der Waals surface area contributed by atoms with Crippen LogP contribution in [0.4, 0.5) is 0 Å². The SMILES string of the molecule is C.CC(C)(N)C(=O)CCC(N1C(=O)c2ccccc2C1=O)C(C)(C)C(=O)O. The van der Waals surface area contributed by atoms with Crippen molar-refractivity contribution >= 4 is 23.6 Å². The number of benzene rings is 1. The molecule has 2 amide bonds. The molecule has 1 atom stereocenters. The normalized spacial score (nSPS) is 15.2. The Labute approximate surface area is 159 Å². The molecule has 0 spiro atoms. The lowest BCUT2D eigenvalue weighted by atomic mass is 9.79. The molecule has 0 fully saturated rings. The van der Waals surface area contributed by atoms with Gasteiger partial charge in [-0.15, -0.1) is 0 Å². The van der Waals surface area contributed by atoms with Crippen LogP contribution in [-0.4, -0.2) is 45.2 Å². The zero-order chi connectivity index (χ0) is 19.9. The lowest BCUT2D eigenvalue weighted by Crippen LogP contribution is -2.52. The number of hydrogen-bond donors (Lipinski definition) is 2.